The van der Waals surface area contributed by atoms with Gasteiger partial charge < -0.3 is 10.6 Å². The predicted molar refractivity (Wildman–Crippen MR) is 110 cm³/mol. The Morgan fingerprint density at radius 1 is 1.37 bits per heavy atom. The molecule has 27 heavy (non-hydrogen) atoms. The van der Waals surface area contributed by atoms with E-state index in [9.17, 15) is 14.9 Å². The van der Waals surface area contributed by atoms with Crippen molar-refractivity contribution in [3.8, 4) is 6.07 Å². The highest BCUT2D eigenvalue weighted by atomic mass is 35.5. The van der Waals surface area contributed by atoms with Gasteiger partial charge in [-0.15, -0.1) is 11.3 Å². The van der Waals surface area contributed by atoms with E-state index < -0.39 is 0 Å². The number of carbonyl (C=O) groups excluding carboxylic acids is 2. The molecule has 0 spiro atoms. The molecule has 0 saturated carbocycles. The molecule has 1 aromatic carbocycles. The molecule has 0 unspecified atom stereocenters. The van der Waals surface area contributed by atoms with Crippen molar-refractivity contribution in [2.24, 2.45) is 0 Å². The number of carbonyl (C=O) groups is 2. The maximum absolute atomic E-state index is 12.2. The van der Waals surface area contributed by atoms with Gasteiger partial charge in [-0.3, -0.25) is 9.59 Å². The fourth-order valence-electron chi connectivity index (χ4n) is 2.63. The van der Waals surface area contributed by atoms with E-state index >= 15 is 0 Å². The molecule has 138 valence electrons. The third-order valence-electron chi connectivity index (χ3n) is 3.74. The zero-order valence-electron chi connectivity index (χ0n) is 13.8. The second kappa shape index (κ2) is 8.81. The fraction of sp³-hybridized carbons (Fsp3) is 0.167. The van der Waals surface area contributed by atoms with E-state index in [1.807, 2.05) is 17.5 Å². The predicted octanol–water partition coefficient (Wildman–Crippen LogP) is 4.77. The Bertz CT molecular complexity index is 932. The molecule has 2 amide bonds. The minimum absolute atomic E-state index is 0.0298. The second-order valence-corrected chi connectivity index (χ2v) is 8.51. The summed E-state index contributed by atoms with van der Waals surface area (Å²) in [6.45, 7) is 0. The first-order valence-corrected chi connectivity index (χ1v) is 10.4. The van der Waals surface area contributed by atoms with Crippen LogP contribution in [0, 0.1) is 11.3 Å². The third kappa shape index (κ3) is 5.05. The maximum atomic E-state index is 12.2. The van der Waals surface area contributed by atoms with Crippen LogP contribution in [0.5, 0.6) is 0 Å². The fourth-order valence-corrected chi connectivity index (χ4v) is 4.87. The van der Waals surface area contributed by atoms with E-state index in [1.165, 1.54) is 11.3 Å². The topological polar surface area (TPSA) is 82.0 Å². The SMILES string of the molecule is N#CC1=C(SCC(=O)Nc2cc(Cl)cc(Cl)c2)NC(=O)C[C@H]1c1cccs1. The van der Waals surface area contributed by atoms with E-state index in [0.717, 1.165) is 16.6 Å². The van der Waals surface area contributed by atoms with Crippen molar-refractivity contribution < 1.29 is 9.59 Å². The molecule has 1 atom stereocenters. The van der Waals surface area contributed by atoms with Crippen molar-refractivity contribution >= 4 is 63.8 Å². The number of allylic oxidation sites excluding steroid dienone is 1. The summed E-state index contributed by atoms with van der Waals surface area (Å²) in [4.78, 5) is 25.2. The average molecular weight is 438 g/mol. The first-order valence-electron chi connectivity index (χ1n) is 7.82. The molecular formula is C18H13Cl2N3O2S2. The monoisotopic (exact) mass is 437 g/mol. The number of thioether (sulfide) groups is 1. The largest absolute Gasteiger partial charge is 0.325 e. The summed E-state index contributed by atoms with van der Waals surface area (Å²) in [7, 11) is 0. The van der Waals surface area contributed by atoms with E-state index in [-0.39, 0.29) is 29.9 Å². The molecule has 2 N–H and O–H groups in total. The number of nitrogens with one attached hydrogen (secondary N) is 2. The molecule has 2 heterocycles. The summed E-state index contributed by atoms with van der Waals surface area (Å²) < 4.78 is 0. The Morgan fingerprint density at radius 3 is 2.74 bits per heavy atom. The van der Waals surface area contributed by atoms with Crippen LogP contribution in [0.15, 0.2) is 46.3 Å². The van der Waals surface area contributed by atoms with Crippen LogP contribution in [0.3, 0.4) is 0 Å². The Morgan fingerprint density at radius 2 is 2.11 bits per heavy atom. The van der Waals surface area contributed by atoms with Gasteiger partial charge in [0.15, 0.2) is 0 Å². The quantitative estimate of drug-likeness (QED) is 0.705. The minimum atomic E-state index is -0.296. The number of hydrogen-bond donors (Lipinski definition) is 2. The number of nitrogens with zero attached hydrogens (tertiary/aromatic N) is 1. The van der Waals surface area contributed by atoms with Crippen LogP contribution in [-0.4, -0.2) is 17.6 Å². The zero-order valence-corrected chi connectivity index (χ0v) is 16.9. The number of amides is 2. The lowest BCUT2D eigenvalue weighted by Crippen LogP contribution is -2.31. The second-order valence-electron chi connectivity index (χ2n) is 5.67. The smallest absolute Gasteiger partial charge is 0.234 e. The lowest BCUT2D eigenvalue weighted by molar-refractivity contribution is -0.121. The van der Waals surface area contributed by atoms with Crippen molar-refractivity contribution in [3.63, 3.8) is 0 Å². The van der Waals surface area contributed by atoms with Gasteiger partial charge in [0.1, 0.15) is 0 Å². The van der Waals surface area contributed by atoms with Gasteiger partial charge in [0.25, 0.3) is 0 Å². The van der Waals surface area contributed by atoms with Crippen LogP contribution in [0.2, 0.25) is 10.0 Å². The summed E-state index contributed by atoms with van der Waals surface area (Å²) in [5, 5.41) is 18.2. The number of halogens is 2. The standard InChI is InChI=1S/C18H13Cl2N3O2S2/c19-10-4-11(20)6-12(5-10)22-17(25)9-27-18-14(8-21)13(7-16(24)23-18)15-2-1-3-26-15/h1-6,13H,7,9H2,(H,22,25)(H,23,24)/t13-/m1/s1. The van der Waals surface area contributed by atoms with Crippen LogP contribution in [0.1, 0.15) is 17.2 Å². The molecule has 5 nitrogen and oxygen atoms in total. The Balaban J connectivity index is 1.72. The molecule has 0 saturated heterocycles. The van der Waals surface area contributed by atoms with Crippen molar-refractivity contribution in [1.29, 1.82) is 5.26 Å². The van der Waals surface area contributed by atoms with E-state index in [2.05, 4.69) is 16.7 Å². The molecule has 1 aliphatic rings. The third-order valence-corrected chi connectivity index (χ3v) is 6.18. The van der Waals surface area contributed by atoms with Gasteiger partial charge in [0, 0.05) is 32.9 Å². The molecule has 0 bridgehead atoms. The highest BCUT2D eigenvalue weighted by molar-refractivity contribution is 8.03. The molecule has 2 aromatic rings. The van der Waals surface area contributed by atoms with Crippen molar-refractivity contribution in [2.45, 2.75) is 12.3 Å². The first kappa shape index (κ1) is 19.8. The molecule has 3 rings (SSSR count). The van der Waals surface area contributed by atoms with E-state index in [4.69, 9.17) is 23.2 Å². The van der Waals surface area contributed by atoms with Crippen LogP contribution in [-0.2, 0) is 9.59 Å². The maximum Gasteiger partial charge on any atom is 0.234 e. The van der Waals surface area contributed by atoms with Crippen LogP contribution in [0.25, 0.3) is 0 Å². The first-order chi connectivity index (χ1) is 13.0. The highest BCUT2D eigenvalue weighted by Crippen LogP contribution is 2.37. The van der Waals surface area contributed by atoms with Gasteiger partial charge in [-0.2, -0.15) is 5.26 Å². The van der Waals surface area contributed by atoms with Crippen molar-refractivity contribution in [2.75, 3.05) is 11.1 Å². The van der Waals surface area contributed by atoms with Crippen LogP contribution < -0.4 is 10.6 Å². The average Bonchev–Trinajstić information content (AvgIpc) is 3.13. The molecule has 0 aliphatic carbocycles. The minimum Gasteiger partial charge on any atom is -0.325 e. The number of thiophene rings is 1. The molecule has 0 fully saturated rings. The number of hydrogen-bond acceptors (Lipinski definition) is 5. The normalized spacial score (nSPS) is 16.6. The van der Waals surface area contributed by atoms with E-state index in [0.29, 0.717) is 26.3 Å². The summed E-state index contributed by atoms with van der Waals surface area (Å²) in [6, 6.07) is 10.7. The molecule has 1 aromatic heterocycles. The molecular weight excluding hydrogens is 425 g/mol. The molecule has 9 heteroatoms. The highest BCUT2D eigenvalue weighted by Gasteiger charge is 2.30. The summed E-state index contributed by atoms with van der Waals surface area (Å²) in [6.07, 6.45) is 0.223. The Kier molecular flexibility index (Phi) is 6.45. The Labute approximate surface area is 174 Å². The number of nitriles is 1. The van der Waals surface area contributed by atoms with Gasteiger partial charge >= 0.3 is 0 Å². The lowest BCUT2D eigenvalue weighted by Gasteiger charge is -2.23. The van der Waals surface area contributed by atoms with Crippen molar-refractivity contribution in [3.05, 3.63) is 61.2 Å². The lowest BCUT2D eigenvalue weighted by atomic mass is 9.93. The number of benzene rings is 1. The molecule has 1 aliphatic heterocycles. The van der Waals surface area contributed by atoms with Gasteiger partial charge in [-0.1, -0.05) is 41.0 Å². The van der Waals surface area contributed by atoms with Gasteiger partial charge in [-0.25, -0.2) is 0 Å². The van der Waals surface area contributed by atoms with Crippen molar-refractivity contribution in [1.82, 2.24) is 5.32 Å². The summed E-state index contributed by atoms with van der Waals surface area (Å²) in [5.74, 6) is -0.712. The number of anilines is 1. The van der Waals surface area contributed by atoms with E-state index in [1.54, 1.807) is 18.2 Å². The van der Waals surface area contributed by atoms with Gasteiger partial charge in [-0.05, 0) is 29.6 Å². The summed E-state index contributed by atoms with van der Waals surface area (Å²) in [5.41, 5.74) is 0.956. The summed E-state index contributed by atoms with van der Waals surface area (Å²) >= 11 is 14.5. The van der Waals surface area contributed by atoms with Gasteiger partial charge in [0.2, 0.25) is 11.8 Å². The Hall–Kier alpha value is -1.98. The van der Waals surface area contributed by atoms with Crippen LogP contribution >= 0.6 is 46.3 Å². The van der Waals surface area contributed by atoms with Crippen LogP contribution in [0.4, 0.5) is 5.69 Å². The molecule has 0 radical (unpaired) electrons. The zero-order chi connectivity index (χ0) is 19.4. The number of rotatable bonds is 5. The van der Waals surface area contributed by atoms with Gasteiger partial charge in [0.05, 0.1) is 22.4 Å².